The Morgan fingerprint density at radius 3 is 2.90 bits per heavy atom. The molecule has 1 unspecified atom stereocenters. The number of furan rings is 1. The molecule has 0 aliphatic carbocycles. The zero-order valence-electron chi connectivity index (χ0n) is 13.2. The summed E-state index contributed by atoms with van der Waals surface area (Å²) in [6.45, 7) is 13.1. The van der Waals surface area contributed by atoms with Crippen LogP contribution in [0.3, 0.4) is 0 Å². The number of hydrogen-bond acceptors (Lipinski definition) is 4. The monoisotopic (exact) mass is 280 g/mol. The Hall–Kier alpha value is -0.840. The first kappa shape index (κ1) is 15.5. The van der Waals surface area contributed by atoms with Crippen LogP contribution in [0.2, 0.25) is 0 Å². The van der Waals surface area contributed by atoms with Crippen LogP contribution in [0.15, 0.2) is 16.7 Å². The molecule has 1 saturated heterocycles. The number of rotatable bonds is 5. The van der Waals surface area contributed by atoms with Crippen LogP contribution in [-0.2, 0) is 17.8 Å². The number of hydrogen-bond donors (Lipinski definition) is 1. The van der Waals surface area contributed by atoms with Crippen molar-refractivity contribution in [2.75, 3.05) is 19.8 Å². The van der Waals surface area contributed by atoms with Gasteiger partial charge in [0, 0.05) is 30.2 Å². The Morgan fingerprint density at radius 1 is 1.40 bits per heavy atom. The highest BCUT2D eigenvalue weighted by molar-refractivity contribution is 5.13. The predicted molar refractivity (Wildman–Crippen MR) is 80.6 cm³/mol. The third-order valence-electron chi connectivity index (χ3n) is 3.71. The van der Waals surface area contributed by atoms with E-state index in [2.05, 4.69) is 44.0 Å². The van der Waals surface area contributed by atoms with E-state index in [0.717, 1.165) is 45.0 Å². The molecule has 1 aliphatic rings. The lowest BCUT2D eigenvalue weighted by atomic mass is 10.1. The average Bonchev–Trinajstić information content (AvgIpc) is 2.84. The van der Waals surface area contributed by atoms with Crippen LogP contribution < -0.4 is 5.32 Å². The predicted octanol–water partition coefficient (Wildman–Crippen LogP) is 2.78. The molecule has 0 saturated carbocycles. The van der Waals surface area contributed by atoms with Crippen LogP contribution in [0.4, 0.5) is 0 Å². The second-order valence-corrected chi connectivity index (χ2v) is 6.63. The lowest BCUT2D eigenvalue weighted by Gasteiger charge is -2.34. The maximum Gasteiger partial charge on any atom is 0.118 e. The molecule has 1 aromatic rings. The number of morpholine rings is 1. The van der Waals surface area contributed by atoms with Crippen LogP contribution in [0.5, 0.6) is 0 Å². The molecule has 0 radical (unpaired) electrons. The third-order valence-corrected chi connectivity index (χ3v) is 3.71. The van der Waals surface area contributed by atoms with E-state index in [4.69, 9.17) is 9.15 Å². The summed E-state index contributed by atoms with van der Waals surface area (Å²) in [4.78, 5) is 2.46. The van der Waals surface area contributed by atoms with Crippen molar-refractivity contribution in [1.29, 1.82) is 0 Å². The highest BCUT2D eigenvalue weighted by Crippen LogP contribution is 2.17. The van der Waals surface area contributed by atoms with Crippen molar-refractivity contribution in [3.8, 4) is 0 Å². The van der Waals surface area contributed by atoms with Gasteiger partial charge < -0.3 is 14.5 Å². The Balaban J connectivity index is 1.88. The minimum atomic E-state index is 0.134. The molecule has 20 heavy (non-hydrogen) atoms. The van der Waals surface area contributed by atoms with Gasteiger partial charge in [0.2, 0.25) is 0 Å². The highest BCUT2D eigenvalue weighted by Gasteiger charge is 2.22. The fourth-order valence-corrected chi connectivity index (χ4v) is 2.44. The van der Waals surface area contributed by atoms with E-state index >= 15 is 0 Å². The van der Waals surface area contributed by atoms with Crippen molar-refractivity contribution < 1.29 is 9.15 Å². The highest BCUT2D eigenvalue weighted by atomic mass is 16.5. The van der Waals surface area contributed by atoms with Crippen LogP contribution in [-0.4, -0.2) is 36.2 Å². The fraction of sp³-hybridized carbons (Fsp3) is 0.750. The van der Waals surface area contributed by atoms with Crippen molar-refractivity contribution in [2.45, 2.75) is 58.8 Å². The molecule has 2 heterocycles. The minimum Gasteiger partial charge on any atom is -0.468 e. The second kappa shape index (κ2) is 6.74. The van der Waals surface area contributed by atoms with E-state index < -0.39 is 0 Å². The summed E-state index contributed by atoms with van der Waals surface area (Å²) < 4.78 is 11.2. The molecule has 4 nitrogen and oxygen atoms in total. The molecular weight excluding hydrogens is 252 g/mol. The van der Waals surface area contributed by atoms with Gasteiger partial charge in [-0.25, -0.2) is 0 Å². The lowest BCUT2D eigenvalue weighted by Crippen LogP contribution is -2.44. The summed E-state index contributed by atoms with van der Waals surface area (Å²) >= 11 is 0. The Labute approximate surface area is 122 Å². The summed E-state index contributed by atoms with van der Waals surface area (Å²) in [7, 11) is 0. The Kier molecular flexibility index (Phi) is 5.24. The van der Waals surface area contributed by atoms with Crippen molar-refractivity contribution in [2.24, 2.45) is 0 Å². The molecule has 2 rings (SSSR count). The quantitative estimate of drug-likeness (QED) is 0.900. The largest absolute Gasteiger partial charge is 0.468 e. The van der Waals surface area contributed by atoms with Crippen LogP contribution in [0, 0.1) is 0 Å². The van der Waals surface area contributed by atoms with Gasteiger partial charge in [-0.05, 0) is 33.3 Å². The van der Waals surface area contributed by atoms with E-state index in [9.17, 15) is 0 Å². The van der Waals surface area contributed by atoms with Crippen molar-refractivity contribution >= 4 is 0 Å². The van der Waals surface area contributed by atoms with Crippen LogP contribution >= 0.6 is 0 Å². The SMILES string of the molecule is CCC1COCCN1Cc1cc(CNC(C)(C)C)co1. The molecule has 4 heteroatoms. The van der Waals surface area contributed by atoms with Gasteiger partial charge in [-0.2, -0.15) is 0 Å². The number of nitrogens with zero attached hydrogens (tertiary/aromatic N) is 1. The summed E-state index contributed by atoms with van der Waals surface area (Å²) in [6, 6.07) is 2.69. The summed E-state index contributed by atoms with van der Waals surface area (Å²) in [6.07, 6.45) is 2.99. The molecule has 1 aromatic heterocycles. The molecule has 0 aromatic carbocycles. The van der Waals surface area contributed by atoms with E-state index in [1.807, 2.05) is 6.26 Å². The van der Waals surface area contributed by atoms with Gasteiger partial charge in [0.1, 0.15) is 5.76 Å². The minimum absolute atomic E-state index is 0.134. The maximum atomic E-state index is 5.70. The van der Waals surface area contributed by atoms with E-state index in [-0.39, 0.29) is 5.54 Å². The first-order chi connectivity index (χ1) is 9.48. The number of nitrogens with one attached hydrogen (secondary N) is 1. The second-order valence-electron chi connectivity index (χ2n) is 6.63. The maximum absolute atomic E-state index is 5.70. The average molecular weight is 280 g/mol. The first-order valence-electron chi connectivity index (χ1n) is 7.61. The van der Waals surface area contributed by atoms with Gasteiger partial charge in [0.25, 0.3) is 0 Å². The van der Waals surface area contributed by atoms with Crippen molar-refractivity contribution in [3.63, 3.8) is 0 Å². The summed E-state index contributed by atoms with van der Waals surface area (Å²) in [5, 5.41) is 3.48. The first-order valence-corrected chi connectivity index (χ1v) is 7.61. The molecule has 1 N–H and O–H groups in total. The van der Waals surface area contributed by atoms with Gasteiger partial charge in [-0.1, -0.05) is 6.92 Å². The molecular formula is C16H28N2O2. The Bertz CT molecular complexity index is 409. The van der Waals surface area contributed by atoms with Gasteiger partial charge >= 0.3 is 0 Å². The van der Waals surface area contributed by atoms with Gasteiger partial charge in [-0.3, -0.25) is 4.90 Å². The molecule has 1 aliphatic heterocycles. The molecule has 1 fully saturated rings. The van der Waals surface area contributed by atoms with Crippen molar-refractivity contribution in [3.05, 3.63) is 23.7 Å². The molecule has 0 spiro atoms. The number of ether oxygens (including phenoxy) is 1. The lowest BCUT2D eigenvalue weighted by molar-refractivity contribution is -0.0153. The molecule has 0 amide bonds. The molecule has 114 valence electrons. The zero-order valence-corrected chi connectivity index (χ0v) is 13.2. The normalized spacial score (nSPS) is 21.3. The molecule has 0 bridgehead atoms. The Morgan fingerprint density at radius 2 is 2.20 bits per heavy atom. The van der Waals surface area contributed by atoms with Crippen molar-refractivity contribution in [1.82, 2.24) is 10.2 Å². The van der Waals surface area contributed by atoms with E-state index in [1.165, 1.54) is 5.56 Å². The van der Waals surface area contributed by atoms with Gasteiger partial charge in [-0.15, -0.1) is 0 Å². The van der Waals surface area contributed by atoms with Crippen LogP contribution in [0.1, 0.15) is 45.4 Å². The third kappa shape index (κ3) is 4.62. The van der Waals surface area contributed by atoms with E-state index in [0.29, 0.717) is 6.04 Å². The summed E-state index contributed by atoms with van der Waals surface area (Å²) in [5.41, 5.74) is 1.35. The zero-order chi connectivity index (χ0) is 14.6. The standard InChI is InChI=1S/C16H28N2O2/c1-5-14-12-19-7-6-18(14)10-15-8-13(11-20-15)9-17-16(2,3)4/h8,11,14,17H,5-7,9-10,12H2,1-4H3. The topological polar surface area (TPSA) is 37.6 Å². The summed E-state index contributed by atoms with van der Waals surface area (Å²) in [5.74, 6) is 1.05. The van der Waals surface area contributed by atoms with Gasteiger partial charge in [0.15, 0.2) is 0 Å². The van der Waals surface area contributed by atoms with Gasteiger partial charge in [0.05, 0.1) is 26.0 Å². The van der Waals surface area contributed by atoms with Crippen LogP contribution in [0.25, 0.3) is 0 Å². The molecule has 1 atom stereocenters. The fourth-order valence-electron chi connectivity index (χ4n) is 2.44. The van der Waals surface area contributed by atoms with E-state index in [1.54, 1.807) is 0 Å². The smallest absolute Gasteiger partial charge is 0.118 e.